The first-order valence-electron chi connectivity index (χ1n) is 6.82. The highest BCUT2D eigenvalue weighted by Crippen LogP contribution is 2.29. The maximum atomic E-state index is 10.1. The molecule has 0 aliphatic carbocycles. The first-order chi connectivity index (χ1) is 9.74. The van der Waals surface area contributed by atoms with Crippen LogP contribution in [0.3, 0.4) is 0 Å². The molecule has 0 unspecified atom stereocenters. The normalized spacial score (nSPS) is 10.9. The lowest BCUT2D eigenvalue weighted by molar-refractivity contribution is 0.318. The van der Waals surface area contributed by atoms with Crippen LogP contribution in [-0.2, 0) is 6.42 Å². The minimum Gasteiger partial charge on any atom is -0.504 e. The highest BCUT2D eigenvalue weighted by Gasteiger charge is 2.05. The number of hydrogen-bond acceptors (Lipinski definition) is 3. The van der Waals surface area contributed by atoms with Gasteiger partial charge in [-0.3, -0.25) is 4.99 Å². The topological polar surface area (TPSA) is 41.8 Å². The van der Waals surface area contributed by atoms with Gasteiger partial charge in [-0.25, -0.2) is 0 Å². The SMILES string of the molecule is CCOc1cccc(C=Nc2cccc(CC)c2)c1O. The van der Waals surface area contributed by atoms with Crippen LogP contribution in [0.2, 0.25) is 0 Å². The molecule has 0 spiro atoms. The summed E-state index contributed by atoms with van der Waals surface area (Å²) >= 11 is 0. The number of hydrogen-bond donors (Lipinski definition) is 1. The number of para-hydroxylation sites is 1. The van der Waals surface area contributed by atoms with E-state index in [9.17, 15) is 5.11 Å². The highest BCUT2D eigenvalue weighted by atomic mass is 16.5. The largest absolute Gasteiger partial charge is 0.504 e. The zero-order valence-electron chi connectivity index (χ0n) is 11.8. The molecule has 2 aromatic carbocycles. The van der Waals surface area contributed by atoms with E-state index in [4.69, 9.17) is 4.74 Å². The summed E-state index contributed by atoms with van der Waals surface area (Å²) in [6, 6.07) is 13.4. The lowest BCUT2D eigenvalue weighted by atomic mass is 10.1. The summed E-state index contributed by atoms with van der Waals surface area (Å²) in [7, 11) is 0. The third-order valence-corrected chi connectivity index (χ3v) is 3.00. The molecule has 0 fully saturated rings. The van der Waals surface area contributed by atoms with Crippen LogP contribution < -0.4 is 4.74 Å². The standard InChI is InChI=1S/C17H19NO2/c1-3-13-7-5-9-15(11-13)18-12-14-8-6-10-16(17(14)19)20-4-2/h5-12,19H,3-4H2,1-2H3. The molecule has 0 amide bonds. The monoisotopic (exact) mass is 269 g/mol. The molecule has 0 aliphatic rings. The number of aliphatic imine (C=N–C) groups is 1. The summed E-state index contributed by atoms with van der Waals surface area (Å²) in [6.07, 6.45) is 2.64. The van der Waals surface area contributed by atoms with Gasteiger partial charge in [-0.05, 0) is 43.2 Å². The summed E-state index contributed by atoms with van der Waals surface area (Å²) in [5.41, 5.74) is 2.77. The second-order valence-corrected chi connectivity index (χ2v) is 4.41. The third-order valence-electron chi connectivity index (χ3n) is 3.00. The van der Waals surface area contributed by atoms with Gasteiger partial charge in [0.25, 0.3) is 0 Å². The number of nitrogens with zero attached hydrogens (tertiary/aromatic N) is 1. The number of phenolic OH excluding ortho intramolecular Hbond substituents is 1. The summed E-state index contributed by atoms with van der Waals surface area (Å²) in [6.45, 7) is 4.52. The Bertz CT molecular complexity index is 606. The molecule has 0 aliphatic heterocycles. The number of phenols is 1. The first kappa shape index (κ1) is 14.1. The minimum atomic E-state index is 0.129. The van der Waals surface area contributed by atoms with Gasteiger partial charge in [-0.2, -0.15) is 0 Å². The Kier molecular flexibility index (Phi) is 4.77. The number of benzene rings is 2. The fraction of sp³-hybridized carbons (Fsp3) is 0.235. The van der Waals surface area contributed by atoms with Crippen LogP contribution in [0.25, 0.3) is 0 Å². The van der Waals surface area contributed by atoms with Gasteiger partial charge in [0.15, 0.2) is 11.5 Å². The van der Waals surface area contributed by atoms with Crippen molar-refractivity contribution in [2.45, 2.75) is 20.3 Å². The fourth-order valence-electron chi connectivity index (χ4n) is 1.92. The number of aromatic hydroxyl groups is 1. The maximum absolute atomic E-state index is 10.1. The molecular formula is C17H19NO2. The maximum Gasteiger partial charge on any atom is 0.166 e. The quantitative estimate of drug-likeness (QED) is 0.830. The van der Waals surface area contributed by atoms with Crippen LogP contribution in [0.1, 0.15) is 25.0 Å². The lowest BCUT2D eigenvalue weighted by Crippen LogP contribution is -1.93. The van der Waals surface area contributed by atoms with Gasteiger partial charge in [-0.15, -0.1) is 0 Å². The molecule has 20 heavy (non-hydrogen) atoms. The molecule has 2 rings (SSSR count). The Morgan fingerprint density at radius 2 is 1.95 bits per heavy atom. The summed E-state index contributed by atoms with van der Waals surface area (Å²) in [4.78, 5) is 4.41. The molecule has 0 saturated heterocycles. The van der Waals surface area contributed by atoms with Crippen molar-refractivity contribution in [3.63, 3.8) is 0 Å². The van der Waals surface area contributed by atoms with E-state index in [1.165, 1.54) is 5.56 Å². The fourth-order valence-corrected chi connectivity index (χ4v) is 1.92. The van der Waals surface area contributed by atoms with Gasteiger partial charge in [0, 0.05) is 11.8 Å². The molecule has 104 valence electrons. The van der Waals surface area contributed by atoms with Crippen molar-refractivity contribution >= 4 is 11.9 Å². The molecular weight excluding hydrogens is 250 g/mol. The van der Waals surface area contributed by atoms with Crippen LogP contribution in [0.5, 0.6) is 11.5 Å². The average molecular weight is 269 g/mol. The Morgan fingerprint density at radius 1 is 1.15 bits per heavy atom. The minimum absolute atomic E-state index is 0.129. The number of ether oxygens (including phenoxy) is 1. The second kappa shape index (κ2) is 6.75. The van der Waals surface area contributed by atoms with Gasteiger partial charge in [0.1, 0.15) is 0 Å². The van der Waals surface area contributed by atoms with E-state index in [1.54, 1.807) is 12.3 Å². The zero-order chi connectivity index (χ0) is 14.4. The molecule has 0 heterocycles. The average Bonchev–Trinajstić information content (AvgIpc) is 2.48. The van der Waals surface area contributed by atoms with E-state index in [0.29, 0.717) is 17.9 Å². The highest BCUT2D eigenvalue weighted by molar-refractivity contribution is 5.86. The van der Waals surface area contributed by atoms with E-state index in [-0.39, 0.29) is 5.75 Å². The Labute approximate surface area is 119 Å². The smallest absolute Gasteiger partial charge is 0.166 e. The lowest BCUT2D eigenvalue weighted by Gasteiger charge is -2.07. The van der Waals surface area contributed by atoms with Gasteiger partial charge < -0.3 is 9.84 Å². The zero-order valence-corrected chi connectivity index (χ0v) is 11.8. The molecule has 0 saturated carbocycles. The van der Waals surface area contributed by atoms with E-state index in [0.717, 1.165) is 12.1 Å². The number of rotatable bonds is 5. The molecule has 0 radical (unpaired) electrons. The van der Waals surface area contributed by atoms with Crippen molar-refractivity contribution < 1.29 is 9.84 Å². The molecule has 0 bridgehead atoms. The van der Waals surface area contributed by atoms with Crippen LogP contribution in [0.4, 0.5) is 5.69 Å². The van der Waals surface area contributed by atoms with Gasteiger partial charge in [-0.1, -0.05) is 25.1 Å². The second-order valence-electron chi connectivity index (χ2n) is 4.41. The summed E-state index contributed by atoms with van der Waals surface area (Å²) < 4.78 is 5.35. The summed E-state index contributed by atoms with van der Waals surface area (Å²) in [5.74, 6) is 0.614. The van der Waals surface area contributed by atoms with Gasteiger partial charge >= 0.3 is 0 Å². The molecule has 0 aromatic heterocycles. The molecule has 0 atom stereocenters. The van der Waals surface area contributed by atoms with Crippen LogP contribution >= 0.6 is 0 Å². The van der Waals surface area contributed by atoms with E-state index in [2.05, 4.69) is 18.0 Å². The van der Waals surface area contributed by atoms with E-state index in [1.807, 2.05) is 37.3 Å². The third kappa shape index (κ3) is 3.38. The van der Waals surface area contributed by atoms with Gasteiger partial charge in [0.05, 0.1) is 12.3 Å². The molecule has 2 aromatic rings. The van der Waals surface area contributed by atoms with Crippen molar-refractivity contribution in [3.05, 3.63) is 53.6 Å². The van der Waals surface area contributed by atoms with Crippen LogP contribution in [0, 0.1) is 0 Å². The van der Waals surface area contributed by atoms with Crippen molar-refractivity contribution in [2.75, 3.05) is 6.61 Å². The predicted octanol–water partition coefficient (Wildman–Crippen LogP) is 4.10. The Morgan fingerprint density at radius 3 is 2.70 bits per heavy atom. The van der Waals surface area contributed by atoms with Gasteiger partial charge in [0.2, 0.25) is 0 Å². The van der Waals surface area contributed by atoms with Crippen molar-refractivity contribution in [1.82, 2.24) is 0 Å². The van der Waals surface area contributed by atoms with E-state index >= 15 is 0 Å². The van der Waals surface area contributed by atoms with Crippen molar-refractivity contribution in [2.24, 2.45) is 4.99 Å². The van der Waals surface area contributed by atoms with Crippen molar-refractivity contribution in [1.29, 1.82) is 0 Å². The summed E-state index contributed by atoms with van der Waals surface area (Å²) in [5, 5.41) is 10.1. The molecule has 3 heteroatoms. The van der Waals surface area contributed by atoms with Crippen LogP contribution in [-0.4, -0.2) is 17.9 Å². The first-order valence-corrected chi connectivity index (χ1v) is 6.82. The van der Waals surface area contributed by atoms with Crippen LogP contribution in [0.15, 0.2) is 47.5 Å². The Hall–Kier alpha value is -2.29. The Balaban J connectivity index is 2.24. The van der Waals surface area contributed by atoms with Crippen molar-refractivity contribution in [3.8, 4) is 11.5 Å². The van der Waals surface area contributed by atoms with E-state index < -0.39 is 0 Å². The molecule has 1 N–H and O–H groups in total. The number of aryl methyl sites for hydroxylation is 1. The predicted molar refractivity (Wildman–Crippen MR) is 82.3 cm³/mol. The molecule has 3 nitrogen and oxygen atoms in total.